The van der Waals surface area contributed by atoms with Gasteiger partial charge in [-0.1, -0.05) is 48.2 Å². The minimum Gasteiger partial charge on any atom is -0.376 e. The molecular weight excluding hydrogens is 505 g/mol. The molecule has 0 spiro atoms. The number of benzene rings is 2. The molecule has 4 N–H and O–H groups in total. The monoisotopic (exact) mass is 522 g/mol. The first-order valence-corrected chi connectivity index (χ1v) is 10.9. The van der Waals surface area contributed by atoms with Gasteiger partial charge in [0.2, 0.25) is 5.91 Å². The molecule has 2 aromatic carbocycles. The molecule has 0 bridgehead atoms. The molecule has 0 saturated carbocycles. The van der Waals surface area contributed by atoms with E-state index in [1.54, 1.807) is 35.6 Å². The predicted molar refractivity (Wildman–Crippen MR) is 123 cm³/mol. The Labute approximate surface area is 204 Å². The van der Waals surface area contributed by atoms with Crippen LogP contribution in [0.3, 0.4) is 0 Å². The van der Waals surface area contributed by atoms with E-state index in [2.05, 4.69) is 20.8 Å². The Morgan fingerprint density at radius 1 is 0.972 bits per heavy atom. The highest BCUT2D eigenvalue weighted by Crippen LogP contribution is 2.27. The first kappa shape index (κ1) is 26.4. The first-order chi connectivity index (χ1) is 17.1. The molecule has 11 nitrogen and oxygen atoms in total. The third kappa shape index (κ3) is 6.67. The number of imide groups is 1. The summed E-state index contributed by atoms with van der Waals surface area (Å²) in [6, 6.07) is 12.7. The van der Waals surface area contributed by atoms with Crippen molar-refractivity contribution in [3.05, 3.63) is 65.0 Å². The summed E-state index contributed by atoms with van der Waals surface area (Å²) < 4.78 is 38.7. The number of urea groups is 1. The lowest BCUT2D eigenvalue weighted by Crippen LogP contribution is -2.35. The zero-order chi connectivity index (χ0) is 26.3. The van der Waals surface area contributed by atoms with Crippen molar-refractivity contribution in [1.82, 2.24) is 20.1 Å². The molecule has 4 amide bonds. The molecule has 0 aliphatic heterocycles. The summed E-state index contributed by atoms with van der Waals surface area (Å²) in [4.78, 5) is 48.2. The smallest absolute Gasteiger partial charge is 0.376 e. The Balaban J connectivity index is 1.74. The number of aliphatic hydroxyl groups excluding tert-OH is 1. The van der Waals surface area contributed by atoms with E-state index in [9.17, 15) is 37.5 Å². The standard InChI is InChI=1S/C21H17F3N6O5S/c22-21(23,24)18(34)26-14-9-5-4-8-13(14)16-17(33)30(11-31)20(29-28-16)36-10-15(32)27-19(35)25-12-6-2-1-3-7-12/h1-9,31H,10-11H2,(H,26,34)(H2,25,27,32,35). The maximum Gasteiger partial charge on any atom is 0.471 e. The molecule has 0 saturated heterocycles. The number of nitrogens with one attached hydrogen (secondary N) is 3. The molecule has 0 unspecified atom stereocenters. The van der Waals surface area contributed by atoms with Gasteiger partial charge < -0.3 is 15.7 Å². The number of para-hydroxylation sites is 2. The Morgan fingerprint density at radius 2 is 1.64 bits per heavy atom. The van der Waals surface area contributed by atoms with E-state index in [0.717, 1.165) is 10.6 Å². The molecule has 1 aromatic heterocycles. The van der Waals surface area contributed by atoms with E-state index in [1.165, 1.54) is 18.2 Å². The predicted octanol–water partition coefficient (Wildman–Crippen LogP) is 2.20. The van der Waals surface area contributed by atoms with Crippen LogP contribution in [0, 0.1) is 0 Å². The van der Waals surface area contributed by atoms with Crippen LogP contribution < -0.4 is 21.5 Å². The number of thioether (sulfide) groups is 1. The molecule has 0 fully saturated rings. The van der Waals surface area contributed by atoms with Crippen LogP contribution in [0.2, 0.25) is 0 Å². The Kier molecular flexibility index (Phi) is 8.39. The van der Waals surface area contributed by atoms with Gasteiger partial charge in [-0.3, -0.25) is 24.3 Å². The summed E-state index contributed by atoms with van der Waals surface area (Å²) in [7, 11) is 0. The van der Waals surface area contributed by atoms with Crippen LogP contribution >= 0.6 is 11.8 Å². The van der Waals surface area contributed by atoms with Gasteiger partial charge in [-0.25, -0.2) is 4.79 Å². The second-order valence-electron chi connectivity index (χ2n) is 6.86. The number of alkyl halides is 3. The Morgan fingerprint density at radius 3 is 2.31 bits per heavy atom. The Bertz CT molecular complexity index is 1330. The van der Waals surface area contributed by atoms with Gasteiger partial charge in [0.1, 0.15) is 6.73 Å². The fourth-order valence-corrected chi connectivity index (χ4v) is 3.50. The van der Waals surface area contributed by atoms with Gasteiger partial charge in [0.05, 0.1) is 11.4 Å². The quantitative estimate of drug-likeness (QED) is 0.344. The third-order valence-corrected chi connectivity index (χ3v) is 5.33. The van der Waals surface area contributed by atoms with Crippen LogP contribution in [0.5, 0.6) is 0 Å². The fraction of sp³-hybridized carbons (Fsp3) is 0.143. The van der Waals surface area contributed by atoms with Gasteiger partial charge in [0.15, 0.2) is 10.9 Å². The van der Waals surface area contributed by atoms with Crippen LogP contribution in [-0.4, -0.2) is 49.6 Å². The molecule has 0 aliphatic carbocycles. The van der Waals surface area contributed by atoms with Gasteiger partial charge in [-0.15, -0.1) is 10.2 Å². The van der Waals surface area contributed by atoms with Crippen LogP contribution in [0.25, 0.3) is 11.3 Å². The largest absolute Gasteiger partial charge is 0.471 e. The van der Waals surface area contributed by atoms with Gasteiger partial charge in [-0.05, 0) is 18.2 Å². The van der Waals surface area contributed by atoms with Crippen LogP contribution in [0.15, 0.2) is 64.5 Å². The summed E-state index contributed by atoms with van der Waals surface area (Å²) in [5, 5.41) is 23.2. The number of rotatable bonds is 7. The lowest BCUT2D eigenvalue weighted by Gasteiger charge is -2.13. The SMILES string of the molecule is O=C(CSc1nnc(-c2ccccc2NC(=O)C(F)(F)F)c(=O)n1CO)NC(=O)Nc1ccccc1. The van der Waals surface area contributed by atoms with Crippen molar-refractivity contribution in [2.24, 2.45) is 0 Å². The number of hydrogen-bond donors (Lipinski definition) is 4. The molecule has 36 heavy (non-hydrogen) atoms. The first-order valence-electron chi connectivity index (χ1n) is 9.94. The minimum absolute atomic E-state index is 0.165. The van der Waals surface area contributed by atoms with Crippen molar-refractivity contribution >= 4 is 41.0 Å². The number of carbonyl (C=O) groups excluding carboxylic acids is 3. The lowest BCUT2D eigenvalue weighted by atomic mass is 10.1. The van der Waals surface area contributed by atoms with Crippen molar-refractivity contribution in [3.8, 4) is 11.3 Å². The number of amides is 4. The van der Waals surface area contributed by atoms with E-state index < -0.39 is 42.0 Å². The molecule has 15 heteroatoms. The zero-order valence-corrected chi connectivity index (χ0v) is 18.9. The van der Waals surface area contributed by atoms with Gasteiger partial charge in [-0.2, -0.15) is 13.2 Å². The normalized spacial score (nSPS) is 11.0. The molecule has 3 aromatic rings. The number of aromatic nitrogens is 3. The summed E-state index contributed by atoms with van der Waals surface area (Å²) >= 11 is 0.683. The third-order valence-electron chi connectivity index (χ3n) is 4.36. The average molecular weight is 522 g/mol. The van der Waals surface area contributed by atoms with Gasteiger partial charge >= 0.3 is 18.1 Å². The van der Waals surface area contributed by atoms with Crippen molar-refractivity contribution in [3.63, 3.8) is 0 Å². The molecule has 188 valence electrons. The van der Waals surface area contributed by atoms with Gasteiger partial charge in [0, 0.05) is 11.3 Å². The maximum atomic E-state index is 12.9. The number of anilines is 2. The molecule has 0 atom stereocenters. The molecule has 0 radical (unpaired) electrons. The lowest BCUT2D eigenvalue weighted by molar-refractivity contribution is -0.167. The van der Waals surface area contributed by atoms with Crippen molar-refractivity contribution < 1.29 is 32.7 Å². The highest BCUT2D eigenvalue weighted by atomic mass is 32.2. The number of halogens is 3. The van der Waals surface area contributed by atoms with Crippen LogP contribution in [0.1, 0.15) is 0 Å². The number of hydrogen-bond acceptors (Lipinski definition) is 8. The van der Waals surface area contributed by atoms with E-state index in [1.807, 2.05) is 0 Å². The number of aliphatic hydroxyl groups is 1. The zero-order valence-electron chi connectivity index (χ0n) is 18.1. The summed E-state index contributed by atoms with van der Waals surface area (Å²) in [6.45, 7) is -0.892. The summed E-state index contributed by atoms with van der Waals surface area (Å²) in [5.74, 6) is -3.37. The fourth-order valence-electron chi connectivity index (χ4n) is 2.77. The molecular formula is C21H17F3N6O5S. The van der Waals surface area contributed by atoms with E-state index >= 15 is 0 Å². The second kappa shape index (κ2) is 11.5. The second-order valence-corrected chi connectivity index (χ2v) is 7.80. The highest BCUT2D eigenvalue weighted by Gasteiger charge is 2.39. The molecule has 3 rings (SSSR count). The van der Waals surface area contributed by atoms with Crippen LogP contribution in [-0.2, 0) is 16.3 Å². The van der Waals surface area contributed by atoms with E-state index in [-0.39, 0.29) is 22.2 Å². The molecule has 1 heterocycles. The summed E-state index contributed by atoms with van der Waals surface area (Å²) in [5.41, 5.74) is -1.44. The van der Waals surface area contributed by atoms with Crippen molar-refractivity contribution in [2.45, 2.75) is 18.1 Å². The Hall–Kier alpha value is -4.24. The van der Waals surface area contributed by atoms with Crippen molar-refractivity contribution in [1.29, 1.82) is 0 Å². The number of carbonyl (C=O) groups is 3. The topological polar surface area (TPSA) is 155 Å². The van der Waals surface area contributed by atoms with Crippen molar-refractivity contribution in [2.75, 3.05) is 16.4 Å². The summed E-state index contributed by atoms with van der Waals surface area (Å²) in [6.07, 6.45) is -5.16. The van der Waals surface area contributed by atoms with E-state index in [4.69, 9.17) is 0 Å². The minimum atomic E-state index is -5.16. The highest BCUT2D eigenvalue weighted by molar-refractivity contribution is 7.99. The van der Waals surface area contributed by atoms with Gasteiger partial charge in [0.25, 0.3) is 5.56 Å². The maximum absolute atomic E-state index is 12.9. The molecule has 0 aliphatic rings. The van der Waals surface area contributed by atoms with E-state index in [0.29, 0.717) is 17.4 Å². The van der Waals surface area contributed by atoms with Crippen LogP contribution in [0.4, 0.5) is 29.3 Å². The average Bonchev–Trinajstić information content (AvgIpc) is 2.83. The number of nitrogens with zero attached hydrogens (tertiary/aromatic N) is 3.